The number of rotatable bonds is 3. The first kappa shape index (κ1) is 11.3. The van der Waals surface area contributed by atoms with E-state index < -0.39 is 6.10 Å². The fourth-order valence-corrected chi connectivity index (χ4v) is 2.39. The van der Waals surface area contributed by atoms with Gasteiger partial charge in [0.25, 0.3) is 0 Å². The number of H-pyrrole nitrogens is 1. The number of aromatic amines is 1. The lowest BCUT2D eigenvalue weighted by atomic mass is 9.80. The SMILES string of the molecule is Nc1[nH]ncc1C(O)c1ccc(C2CCC2)cc1. The maximum atomic E-state index is 10.2. The van der Waals surface area contributed by atoms with Crippen molar-refractivity contribution in [2.75, 3.05) is 5.73 Å². The summed E-state index contributed by atoms with van der Waals surface area (Å²) in [4.78, 5) is 0. The number of nitrogens with one attached hydrogen (secondary N) is 1. The molecule has 0 bridgehead atoms. The number of aliphatic hydroxyl groups excluding tert-OH is 1. The summed E-state index contributed by atoms with van der Waals surface area (Å²) in [5, 5.41) is 16.7. The number of hydrogen-bond acceptors (Lipinski definition) is 3. The first-order valence-electron chi connectivity index (χ1n) is 6.32. The summed E-state index contributed by atoms with van der Waals surface area (Å²) in [6, 6.07) is 8.17. The van der Waals surface area contributed by atoms with E-state index in [0.717, 1.165) is 11.5 Å². The van der Waals surface area contributed by atoms with Crippen LogP contribution in [-0.2, 0) is 0 Å². The number of aliphatic hydroxyl groups is 1. The van der Waals surface area contributed by atoms with Crippen molar-refractivity contribution < 1.29 is 5.11 Å². The second kappa shape index (κ2) is 4.46. The van der Waals surface area contributed by atoms with E-state index in [1.54, 1.807) is 6.20 Å². The summed E-state index contributed by atoms with van der Waals surface area (Å²) >= 11 is 0. The number of nitrogen functional groups attached to an aromatic ring is 1. The fourth-order valence-electron chi connectivity index (χ4n) is 2.39. The largest absolute Gasteiger partial charge is 0.384 e. The van der Waals surface area contributed by atoms with E-state index in [1.807, 2.05) is 12.1 Å². The molecule has 0 aliphatic heterocycles. The van der Waals surface area contributed by atoms with E-state index in [4.69, 9.17) is 5.73 Å². The van der Waals surface area contributed by atoms with Crippen LogP contribution in [-0.4, -0.2) is 15.3 Å². The van der Waals surface area contributed by atoms with Crippen LogP contribution in [0.25, 0.3) is 0 Å². The molecule has 1 atom stereocenters. The molecule has 4 nitrogen and oxygen atoms in total. The van der Waals surface area contributed by atoms with E-state index >= 15 is 0 Å². The molecular formula is C14H17N3O. The van der Waals surface area contributed by atoms with E-state index in [1.165, 1.54) is 24.8 Å². The van der Waals surface area contributed by atoms with Gasteiger partial charge in [0.05, 0.1) is 6.20 Å². The van der Waals surface area contributed by atoms with Crippen LogP contribution in [0.5, 0.6) is 0 Å². The Kier molecular flexibility index (Phi) is 2.80. The second-order valence-corrected chi connectivity index (χ2v) is 4.94. The molecule has 0 amide bonds. The molecule has 4 N–H and O–H groups in total. The molecule has 1 aliphatic carbocycles. The molecule has 3 rings (SSSR count). The van der Waals surface area contributed by atoms with Crippen molar-refractivity contribution in [1.82, 2.24) is 10.2 Å². The van der Waals surface area contributed by atoms with Gasteiger partial charge in [-0.2, -0.15) is 5.10 Å². The molecule has 1 aromatic heterocycles. The van der Waals surface area contributed by atoms with Gasteiger partial charge in [0.1, 0.15) is 11.9 Å². The molecule has 1 fully saturated rings. The summed E-state index contributed by atoms with van der Waals surface area (Å²) in [5.41, 5.74) is 8.57. The third kappa shape index (κ3) is 1.88. The van der Waals surface area contributed by atoms with Gasteiger partial charge in [0.2, 0.25) is 0 Å². The van der Waals surface area contributed by atoms with Gasteiger partial charge in [-0.05, 0) is 29.9 Å². The van der Waals surface area contributed by atoms with Crippen LogP contribution >= 0.6 is 0 Å². The molecule has 1 saturated carbocycles. The molecule has 1 heterocycles. The zero-order chi connectivity index (χ0) is 12.5. The van der Waals surface area contributed by atoms with Gasteiger partial charge in [0, 0.05) is 5.56 Å². The molecule has 4 heteroatoms. The Labute approximate surface area is 106 Å². The number of nitrogens with zero attached hydrogens (tertiary/aromatic N) is 1. The smallest absolute Gasteiger partial charge is 0.125 e. The quantitative estimate of drug-likeness (QED) is 0.774. The molecule has 94 valence electrons. The van der Waals surface area contributed by atoms with Crippen molar-refractivity contribution >= 4 is 5.82 Å². The average molecular weight is 243 g/mol. The molecule has 1 aromatic carbocycles. The van der Waals surface area contributed by atoms with Gasteiger partial charge in [-0.25, -0.2) is 0 Å². The molecule has 2 aromatic rings. The van der Waals surface area contributed by atoms with Crippen molar-refractivity contribution in [2.45, 2.75) is 31.3 Å². The standard InChI is InChI=1S/C14H17N3O/c15-14-12(8-16-17-14)13(18)11-6-4-10(5-7-11)9-2-1-3-9/h4-9,13,18H,1-3H2,(H3,15,16,17). The topological polar surface area (TPSA) is 74.9 Å². The van der Waals surface area contributed by atoms with Crippen molar-refractivity contribution in [3.8, 4) is 0 Å². The van der Waals surface area contributed by atoms with Crippen molar-refractivity contribution in [3.63, 3.8) is 0 Å². The predicted molar refractivity (Wildman–Crippen MR) is 70.1 cm³/mol. The Morgan fingerprint density at radius 1 is 1.28 bits per heavy atom. The first-order valence-corrected chi connectivity index (χ1v) is 6.32. The lowest BCUT2D eigenvalue weighted by molar-refractivity contribution is 0.221. The number of aromatic nitrogens is 2. The fraction of sp³-hybridized carbons (Fsp3) is 0.357. The highest BCUT2D eigenvalue weighted by atomic mass is 16.3. The minimum Gasteiger partial charge on any atom is -0.384 e. The predicted octanol–water partition coefficient (Wildman–Crippen LogP) is 2.34. The summed E-state index contributed by atoms with van der Waals surface area (Å²) in [7, 11) is 0. The molecular weight excluding hydrogens is 226 g/mol. The van der Waals surface area contributed by atoms with E-state index in [-0.39, 0.29) is 0 Å². The van der Waals surface area contributed by atoms with Gasteiger partial charge < -0.3 is 10.8 Å². The van der Waals surface area contributed by atoms with Gasteiger partial charge in [-0.1, -0.05) is 30.7 Å². The molecule has 1 aliphatic rings. The second-order valence-electron chi connectivity index (χ2n) is 4.94. The van der Waals surface area contributed by atoms with Crippen LogP contribution in [0.15, 0.2) is 30.5 Å². The van der Waals surface area contributed by atoms with Crippen LogP contribution in [0.1, 0.15) is 48.0 Å². The molecule has 0 saturated heterocycles. The van der Waals surface area contributed by atoms with E-state index in [9.17, 15) is 5.11 Å². The summed E-state index contributed by atoms with van der Waals surface area (Å²) in [5.74, 6) is 1.14. The highest BCUT2D eigenvalue weighted by Gasteiger charge is 2.20. The van der Waals surface area contributed by atoms with E-state index in [2.05, 4.69) is 22.3 Å². The van der Waals surface area contributed by atoms with Gasteiger partial charge >= 0.3 is 0 Å². The normalized spacial score (nSPS) is 17.4. The summed E-state index contributed by atoms with van der Waals surface area (Å²) in [6.45, 7) is 0. The highest BCUT2D eigenvalue weighted by Crippen LogP contribution is 2.37. The van der Waals surface area contributed by atoms with Gasteiger partial charge in [-0.15, -0.1) is 0 Å². The third-order valence-electron chi connectivity index (χ3n) is 3.82. The van der Waals surface area contributed by atoms with Crippen LogP contribution in [0, 0.1) is 0 Å². The van der Waals surface area contributed by atoms with Crippen LogP contribution < -0.4 is 5.73 Å². The molecule has 0 radical (unpaired) electrons. The Hall–Kier alpha value is -1.81. The van der Waals surface area contributed by atoms with E-state index in [0.29, 0.717) is 11.4 Å². The molecule has 0 spiro atoms. The zero-order valence-corrected chi connectivity index (χ0v) is 10.1. The highest BCUT2D eigenvalue weighted by molar-refractivity contribution is 5.43. The van der Waals surface area contributed by atoms with Crippen LogP contribution in [0.2, 0.25) is 0 Å². The van der Waals surface area contributed by atoms with Gasteiger partial charge in [0.15, 0.2) is 0 Å². The molecule has 18 heavy (non-hydrogen) atoms. The zero-order valence-electron chi connectivity index (χ0n) is 10.1. The lowest BCUT2D eigenvalue weighted by Gasteiger charge is -2.26. The third-order valence-corrected chi connectivity index (χ3v) is 3.82. The Bertz CT molecular complexity index is 528. The molecule has 1 unspecified atom stereocenters. The number of benzene rings is 1. The van der Waals surface area contributed by atoms with Crippen molar-refractivity contribution in [2.24, 2.45) is 0 Å². The summed E-state index contributed by atoms with van der Waals surface area (Å²) in [6.07, 6.45) is 4.77. The Morgan fingerprint density at radius 2 is 2.00 bits per heavy atom. The number of hydrogen-bond donors (Lipinski definition) is 3. The van der Waals surface area contributed by atoms with Crippen molar-refractivity contribution in [3.05, 3.63) is 47.2 Å². The first-order chi connectivity index (χ1) is 8.75. The van der Waals surface area contributed by atoms with Crippen molar-refractivity contribution in [1.29, 1.82) is 0 Å². The maximum absolute atomic E-state index is 10.2. The number of nitrogens with two attached hydrogens (primary N) is 1. The summed E-state index contributed by atoms with van der Waals surface area (Å²) < 4.78 is 0. The average Bonchev–Trinajstić information content (AvgIpc) is 2.73. The minimum atomic E-state index is -0.709. The minimum absolute atomic E-state index is 0.422. The van der Waals surface area contributed by atoms with Crippen LogP contribution in [0.4, 0.5) is 5.82 Å². The number of anilines is 1. The van der Waals surface area contributed by atoms with Crippen LogP contribution in [0.3, 0.4) is 0 Å². The lowest BCUT2D eigenvalue weighted by Crippen LogP contribution is -2.09. The van der Waals surface area contributed by atoms with Gasteiger partial charge in [-0.3, -0.25) is 5.10 Å². The Morgan fingerprint density at radius 3 is 2.50 bits per heavy atom. The maximum Gasteiger partial charge on any atom is 0.125 e. The monoisotopic (exact) mass is 243 g/mol. The Balaban J connectivity index is 1.82.